The van der Waals surface area contributed by atoms with Gasteiger partial charge >= 0.3 is 12.3 Å². The van der Waals surface area contributed by atoms with E-state index in [4.69, 9.17) is 9.84 Å². The minimum Gasteiger partial charge on any atom is -0.427 e. The maximum Gasteiger partial charge on any atom is 0.387 e. The predicted molar refractivity (Wildman–Crippen MR) is 73.4 cm³/mol. The Hall–Kier alpha value is -2.00. The highest BCUT2D eigenvalue weighted by Crippen LogP contribution is 2.34. The van der Waals surface area contributed by atoms with E-state index in [2.05, 4.69) is 4.74 Å². The van der Waals surface area contributed by atoms with Crippen molar-refractivity contribution in [2.75, 3.05) is 24.7 Å². The van der Waals surface area contributed by atoms with Crippen molar-refractivity contribution in [1.82, 2.24) is 0 Å². The van der Waals surface area contributed by atoms with Crippen molar-refractivity contribution >= 4 is 11.4 Å². The molecule has 0 amide bonds. The number of ether oxygens (including phenoxy) is 2. The summed E-state index contributed by atoms with van der Waals surface area (Å²) in [6.07, 6.45) is -0.397. The van der Waals surface area contributed by atoms with Crippen molar-refractivity contribution in [1.29, 1.82) is 0 Å². The lowest BCUT2D eigenvalue weighted by Gasteiger charge is -2.39. The van der Waals surface area contributed by atoms with E-state index in [1.54, 1.807) is 0 Å². The van der Waals surface area contributed by atoms with E-state index in [0.29, 0.717) is 18.8 Å². The minimum absolute atomic E-state index is 0.0661. The van der Waals surface area contributed by atoms with Gasteiger partial charge in [-0.3, -0.25) is 10.1 Å². The number of aliphatic hydroxyl groups is 1. The van der Waals surface area contributed by atoms with Crippen LogP contribution in [0.1, 0.15) is 6.92 Å². The SMILES string of the molecule is CC1COC(CO)CN1c1ccc([N+](=O)[O-])c(OC(F)F)c1. The average molecular weight is 318 g/mol. The van der Waals surface area contributed by atoms with Gasteiger partial charge in [0.2, 0.25) is 5.75 Å². The third-order valence-electron chi connectivity index (χ3n) is 3.40. The van der Waals surface area contributed by atoms with Crippen molar-refractivity contribution in [3.05, 3.63) is 28.3 Å². The summed E-state index contributed by atoms with van der Waals surface area (Å²) in [5, 5.41) is 20.0. The molecule has 0 saturated carbocycles. The van der Waals surface area contributed by atoms with Crippen LogP contribution in [-0.4, -0.2) is 48.5 Å². The van der Waals surface area contributed by atoms with Crippen LogP contribution in [0.15, 0.2) is 18.2 Å². The van der Waals surface area contributed by atoms with Gasteiger partial charge in [0.25, 0.3) is 0 Å². The number of morpholine rings is 1. The quantitative estimate of drug-likeness (QED) is 0.658. The van der Waals surface area contributed by atoms with Gasteiger partial charge in [0.15, 0.2) is 0 Å². The van der Waals surface area contributed by atoms with E-state index in [1.807, 2.05) is 11.8 Å². The number of halogens is 2. The number of anilines is 1. The molecule has 2 atom stereocenters. The van der Waals surface area contributed by atoms with E-state index in [-0.39, 0.29) is 12.6 Å². The fourth-order valence-electron chi connectivity index (χ4n) is 2.31. The molecule has 0 aliphatic carbocycles. The van der Waals surface area contributed by atoms with Crippen LogP contribution in [-0.2, 0) is 4.74 Å². The molecule has 1 aliphatic rings. The average Bonchev–Trinajstić information content (AvgIpc) is 2.46. The van der Waals surface area contributed by atoms with Gasteiger partial charge in [-0.2, -0.15) is 8.78 Å². The molecule has 1 aliphatic heterocycles. The molecule has 1 aromatic carbocycles. The fraction of sp³-hybridized carbons (Fsp3) is 0.538. The number of hydrogen-bond acceptors (Lipinski definition) is 6. The van der Waals surface area contributed by atoms with Crippen LogP contribution in [0.25, 0.3) is 0 Å². The number of nitro groups is 1. The molecule has 0 radical (unpaired) electrons. The second-order valence-corrected chi connectivity index (χ2v) is 4.93. The van der Waals surface area contributed by atoms with E-state index in [0.717, 1.165) is 6.07 Å². The molecule has 1 N–H and O–H groups in total. The highest BCUT2D eigenvalue weighted by atomic mass is 19.3. The lowest BCUT2D eigenvalue weighted by molar-refractivity contribution is -0.386. The Labute approximate surface area is 125 Å². The smallest absolute Gasteiger partial charge is 0.387 e. The third-order valence-corrected chi connectivity index (χ3v) is 3.40. The van der Waals surface area contributed by atoms with Crippen molar-refractivity contribution in [3.63, 3.8) is 0 Å². The molecule has 2 rings (SSSR count). The highest BCUT2D eigenvalue weighted by Gasteiger charge is 2.28. The number of rotatable bonds is 5. The summed E-state index contributed by atoms with van der Waals surface area (Å²) in [5.74, 6) is -0.489. The van der Waals surface area contributed by atoms with Gasteiger partial charge in [0.1, 0.15) is 0 Å². The second kappa shape index (κ2) is 6.84. The zero-order valence-electron chi connectivity index (χ0n) is 11.8. The third kappa shape index (κ3) is 3.60. The van der Waals surface area contributed by atoms with E-state index >= 15 is 0 Å². The van der Waals surface area contributed by atoms with Crippen LogP contribution < -0.4 is 9.64 Å². The first-order chi connectivity index (χ1) is 10.4. The maximum absolute atomic E-state index is 12.4. The van der Waals surface area contributed by atoms with E-state index in [1.165, 1.54) is 12.1 Å². The van der Waals surface area contributed by atoms with Crippen molar-refractivity contribution in [3.8, 4) is 5.75 Å². The van der Waals surface area contributed by atoms with E-state index < -0.39 is 29.1 Å². The Balaban J connectivity index is 2.32. The molecule has 22 heavy (non-hydrogen) atoms. The highest BCUT2D eigenvalue weighted by molar-refractivity contribution is 5.60. The largest absolute Gasteiger partial charge is 0.427 e. The van der Waals surface area contributed by atoms with E-state index in [9.17, 15) is 18.9 Å². The summed E-state index contributed by atoms with van der Waals surface area (Å²) in [4.78, 5) is 11.9. The molecule has 1 heterocycles. The molecule has 2 unspecified atom stereocenters. The van der Waals surface area contributed by atoms with Crippen LogP contribution in [0.4, 0.5) is 20.2 Å². The Morgan fingerprint density at radius 3 is 2.91 bits per heavy atom. The Kier molecular flexibility index (Phi) is 5.09. The first-order valence-corrected chi connectivity index (χ1v) is 6.64. The number of aliphatic hydroxyl groups excluding tert-OH is 1. The molecule has 9 heteroatoms. The number of alkyl halides is 2. The van der Waals surface area contributed by atoms with Crippen LogP contribution >= 0.6 is 0 Å². The standard InChI is InChI=1S/C13H16F2N2O5/c1-8-7-21-10(6-18)5-16(8)9-2-3-11(17(19)20)12(4-9)22-13(14)15/h2-4,8,10,13,18H,5-7H2,1H3. The number of nitro benzene ring substituents is 1. The van der Waals surface area contributed by atoms with Crippen LogP contribution in [0.2, 0.25) is 0 Å². The number of benzene rings is 1. The van der Waals surface area contributed by atoms with Crippen molar-refractivity contribution in [2.45, 2.75) is 25.7 Å². The van der Waals surface area contributed by atoms with Crippen LogP contribution in [0.3, 0.4) is 0 Å². The molecule has 122 valence electrons. The summed E-state index contributed by atoms with van der Waals surface area (Å²) in [6, 6.07) is 3.74. The van der Waals surface area contributed by atoms with Gasteiger partial charge < -0.3 is 19.5 Å². The van der Waals surface area contributed by atoms with Gasteiger partial charge in [-0.1, -0.05) is 0 Å². The Morgan fingerprint density at radius 2 is 2.32 bits per heavy atom. The Bertz CT molecular complexity index is 543. The summed E-state index contributed by atoms with van der Waals surface area (Å²) in [7, 11) is 0. The van der Waals surface area contributed by atoms with Gasteiger partial charge in [-0.05, 0) is 13.0 Å². The topological polar surface area (TPSA) is 85.1 Å². The molecule has 0 bridgehead atoms. The summed E-state index contributed by atoms with van der Waals surface area (Å²) in [6.45, 7) is -0.753. The second-order valence-electron chi connectivity index (χ2n) is 4.93. The van der Waals surface area contributed by atoms with Gasteiger partial charge in [-0.25, -0.2) is 0 Å². The van der Waals surface area contributed by atoms with Crippen LogP contribution in [0, 0.1) is 10.1 Å². The number of hydrogen-bond donors (Lipinski definition) is 1. The normalized spacial score (nSPS) is 22.0. The fourth-order valence-corrected chi connectivity index (χ4v) is 2.31. The molecule has 1 saturated heterocycles. The monoisotopic (exact) mass is 318 g/mol. The summed E-state index contributed by atoms with van der Waals surface area (Å²) in [5.41, 5.74) is -0.0285. The predicted octanol–water partition coefficient (Wildman–Crippen LogP) is 1.78. The lowest BCUT2D eigenvalue weighted by atomic mass is 10.1. The molecule has 7 nitrogen and oxygen atoms in total. The van der Waals surface area contributed by atoms with Gasteiger partial charge in [0.05, 0.1) is 24.2 Å². The summed E-state index contributed by atoms with van der Waals surface area (Å²) < 4.78 is 34.5. The first-order valence-electron chi connectivity index (χ1n) is 6.64. The molecular formula is C13H16F2N2O5. The van der Waals surface area contributed by atoms with Crippen molar-refractivity contribution < 1.29 is 28.3 Å². The zero-order chi connectivity index (χ0) is 16.3. The molecule has 0 spiro atoms. The molecule has 1 aromatic rings. The molecular weight excluding hydrogens is 302 g/mol. The van der Waals surface area contributed by atoms with Crippen LogP contribution in [0.5, 0.6) is 5.75 Å². The number of nitrogens with zero attached hydrogens (tertiary/aromatic N) is 2. The molecule has 1 fully saturated rings. The summed E-state index contributed by atoms with van der Waals surface area (Å²) >= 11 is 0. The van der Waals surface area contributed by atoms with Gasteiger partial charge in [-0.15, -0.1) is 0 Å². The van der Waals surface area contributed by atoms with Crippen molar-refractivity contribution in [2.24, 2.45) is 0 Å². The minimum atomic E-state index is -3.15. The first kappa shape index (κ1) is 16.4. The zero-order valence-corrected chi connectivity index (χ0v) is 11.8. The van der Waals surface area contributed by atoms with Gasteiger partial charge in [0, 0.05) is 30.4 Å². The Morgan fingerprint density at radius 1 is 1.59 bits per heavy atom. The lowest BCUT2D eigenvalue weighted by Crippen LogP contribution is -2.49. The maximum atomic E-state index is 12.4. The molecule has 0 aromatic heterocycles.